The number of fused-ring (bicyclic) bond motifs is 3. The standard InChI is InChI=1S/3C23H18N4/c1-2-8-17(9-3-1)23(21-11-5-7-15-25-21)13-12-18-20(16-23)26-27-22(18)19-10-4-6-14-24-19;1-2-8-18(9-3-1)23(21-10-4-5-14-25-21)12-11-19-20(15-23)26-27-22(19)17-7-6-13-24-16-17;1-2-6-18(7-3-1)23(21-8-4-5-13-25-21)12-9-19-20(16-23)26-27-22(19)17-10-14-24-15-11-17/h1-15H,16H2,(H,26,27);1-14,16H,15H2,(H,26,27);1-15H,16H2,(H,26,27). The molecule has 15 rings (SSSR count). The van der Waals surface area contributed by atoms with E-state index in [9.17, 15) is 0 Å². The topological polar surface area (TPSA) is 163 Å². The molecular formula is C69H54N12. The minimum Gasteiger partial charge on any atom is -0.281 e. The molecule has 3 unspecified atom stereocenters. The Balaban J connectivity index is 0.000000114. The van der Waals surface area contributed by atoms with Gasteiger partial charge in [-0.3, -0.25) is 45.2 Å². The average Bonchev–Trinajstić information content (AvgIpc) is 4.36. The molecule has 3 aromatic carbocycles. The second kappa shape index (κ2) is 22.0. The molecule has 9 aromatic heterocycles. The first-order valence-electron chi connectivity index (χ1n) is 27.0. The van der Waals surface area contributed by atoms with Gasteiger partial charge in [0.2, 0.25) is 0 Å². The SMILES string of the molecule is C1=CC(c2ccccc2)(c2ccccn2)Cc2[nH]nc(-c3ccccn3)c21.C1=CC(c2ccccc2)(c2ccccn2)Cc2[nH]nc(-c3cccnc3)c21.C1=CC(c2ccccc2)(c2ccccn2)Cc2[nH]nc(-c3ccncc3)c21. The molecule has 0 aliphatic heterocycles. The lowest BCUT2D eigenvalue weighted by Gasteiger charge is -2.33. The van der Waals surface area contributed by atoms with Gasteiger partial charge in [-0.05, 0) is 89.5 Å². The maximum Gasteiger partial charge on any atom is 0.118 e. The van der Waals surface area contributed by atoms with Gasteiger partial charge >= 0.3 is 0 Å². The summed E-state index contributed by atoms with van der Waals surface area (Å²) in [6, 6.07) is 63.8. The summed E-state index contributed by atoms with van der Waals surface area (Å²) in [5.41, 5.74) is 18.3. The van der Waals surface area contributed by atoms with Gasteiger partial charge in [0.05, 0.1) is 44.7 Å². The summed E-state index contributed by atoms with van der Waals surface area (Å²) in [5, 5.41) is 23.5. The second-order valence-corrected chi connectivity index (χ2v) is 20.3. The Morgan fingerprint density at radius 3 is 1.10 bits per heavy atom. The predicted molar refractivity (Wildman–Crippen MR) is 318 cm³/mol. The highest BCUT2D eigenvalue weighted by molar-refractivity contribution is 5.78. The van der Waals surface area contributed by atoms with Crippen LogP contribution in [0.3, 0.4) is 0 Å². The number of aromatic nitrogens is 12. The summed E-state index contributed by atoms with van der Waals surface area (Å²) in [5.74, 6) is 0. The van der Waals surface area contributed by atoms with Crippen LogP contribution in [0.1, 0.15) is 67.5 Å². The van der Waals surface area contributed by atoms with Crippen LogP contribution in [0.5, 0.6) is 0 Å². The highest BCUT2D eigenvalue weighted by Gasteiger charge is 2.40. The third kappa shape index (κ3) is 9.58. The summed E-state index contributed by atoms with van der Waals surface area (Å²) >= 11 is 0. The van der Waals surface area contributed by atoms with E-state index in [0.29, 0.717) is 0 Å². The number of aromatic amines is 3. The molecule has 12 aromatic rings. The molecule has 81 heavy (non-hydrogen) atoms. The monoisotopic (exact) mass is 1050 g/mol. The molecule has 3 atom stereocenters. The first kappa shape index (κ1) is 49.9. The number of nitrogens with one attached hydrogen (secondary N) is 3. The van der Waals surface area contributed by atoms with E-state index < -0.39 is 0 Å². The fraction of sp³-hybridized carbons (Fsp3) is 0.0870. The first-order chi connectivity index (χ1) is 40.1. The first-order valence-corrected chi connectivity index (χ1v) is 27.0. The summed E-state index contributed by atoms with van der Waals surface area (Å²) in [4.78, 5) is 26.9. The normalized spacial score (nSPS) is 18.2. The largest absolute Gasteiger partial charge is 0.281 e. The molecule has 0 saturated heterocycles. The highest BCUT2D eigenvalue weighted by Crippen LogP contribution is 2.45. The summed E-state index contributed by atoms with van der Waals surface area (Å²) < 4.78 is 0. The number of allylic oxidation sites excluding steroid dienone is 3. The van der Waals surface area contributed by atoms with Gasteiger partial charge in [0, 0.05) is 114 Å². The van der Waals surface area contributed by atoms with Crippen molar-refractivity contribution in [2.24, 2.45) is 0 Å². The Morgan fingerprint density at radius 2 is 0.704 bits per heavy atom. The van der Waals surface area contributed by atoms with Crippen LogP contribution in [0.2, 0.25) is 0 Å². The van der Waals surface area contributed by atoms with Crippen molar-refractivity contribution in [2.45, 2.75) is 35.5 Å². The maximum absolute atomic E-state index is 4.70. The fourth-order valence-corrected chi connectivity index (χ4v) is 11.6. The molecule has 0 amide bonds. The number of hydrogen-bond acceptors (Lipinski definition) is 9. The van der Waals surface area contributed by atoms with Gasteiger partial charge in [-0.25, -0.2) is 0 Å². The Hall–Kier alpha value is -10.6. The molecule has 3 aliphatic carbocycles. The summed E-state index contributed by atoms with van der Waals surface area (Å²) in [6.45, 7) is 0. The molecule has 9 heterocycles. The van der Waals surface area contributed by atoms with Crippen molar-refractivity contribution < 1.29 is 0 Å². The molecule has 0 bridgehead atoms. The number of benzene rings is 3. The van der Waals surface area contributed by atoms with Crippen molar-refractivity contribution in [1.29, 1.82) is 0 Å². The molecule has 0 radical (unpaired) electrons. The van der Waals surface area contributed by atoms with E-state index >= 15 is 0 Å². The van der Waals surface area contributed by atoms with Gasteiger partial charge in [-0.1, -0.05) is 152 Å². The molecule has 390 valence electrons. The van der Waals surface area contributed by atoms with E-state index in [0.717, 1.165) is 104 Å². The zero-order valence-corrected chi connectivity index (χ0v) is 44.1. The van der Waals surface area contributed by atoms with Crippen LogP contribution >= 0.6 is 0 Å². The second-order valence-electron chi connectivity index (χ2n) is 20.3. The van der Waals surface area contributed by atoms with Crippen LogP contribution in [0, 0.1) is 0 Å². The van der Waals surface area contributed by atoms with Crippen LogP contribution < -0.4 is 0 Å². The quantitative estimate of drug-likeness (QED) is 0.128. The summed E-state index contributed by atoms with van der Waals surface area (Å²) in [6.07, 6.45) is 30.3. The predicted octanol–water partition coefficient (Wildman–Crippen LogP) is 13.3. The van der Waals surface area contributed by atoms with E-state index in [1.165, 1.54) is 16.7 Å². The number of H-pyrrole nitrogens is 3. The number of hydrogen-bond donors (Lipinski definition) is 3. The Labute approximate surface area is 469 Å². The molecule has 12 heteroatoms. The number of rotatable bonds is 9. The lowest BCUT2D eigenvalue weighted by atomic mass is 9.70. The zero-order valence-electron chi connectivity index (χ0n) is 44.1. The van der Waals surface area contributed by atoms with Crippen LogP contribution in [-0.2, 0) is 35.5 Å². The van der Waals surface area contributed by atoms with Gasteiger partial charge in [-0.15, -0.1) is 0 Å². The summed E-state index contributed by atoms with van der Waals surface area (Å²) in [7, 11) is 0. The third-order valence-electron chi connectivity index (χ3n) is 15.6. The van der Waals surface area contributed by atoms with Crippen LogP contribution in [0.4, 0.5) is 0 Å². The van der Waals surface area contributed by atoms with E-state index in [4.69, 9.17) is 15.0 Å². The van der Waals surface area contributed by atoms with E-state index in [1.807, 2.05) is 122 Å². The highest BCUT2D eigenvalue weighted by atomic mass is 15.1. The Morgan fingerprint density at radius 1 is 0.309 bits per heavy atom. The minimum absolute atomic E-state index is 0.308. The van der Waals surface area contributed by atoms with Gasteiger partial charge in [0.25, 0.3) is 0 Å². The van der Waals surface area contributed by atoms with Crippen LogP contribution in [0.15, 0.2) is 256 Å². The third-order valence-corrected chi connectivity index (χ3v) is 15.6. The van der Waals surface area contributed by atoms with E-state index in [1.54, 1.807) is 24.8 Å². The van der Waals surface area contributed by atoms with Crippen LogP contribution in [0.25, 0.3) is 52.1 Å². The van der Waals surface area contributed by atoms with Gasteiger partial charge in [0.15, 0.2) is 0 Å². The smallest absolute Gasteiger partial charge is 0.118 e. The zero-order chi connectivity index (χ0) is 54.3. The molecule has 12 nitrogen and oxygen atoms in total. The average molecular weight is 1050 g/mol. The van der Waals surface area contributed by atoms with Gasteiger partial charge in [0.1, 0.15) is 11.4 Å². The van der Waals surface area contributed by atoms with Crippen molar-refractivity contribution in [3.05, 3.63) is 323 Å². The fourth-order valence-electron chi connectivity index (χ4n) is 11.6. The number of nitrogens with zero attached hydrogens (tertiary/aromatic N) is 9. The molecular weight excluding hydrogens is 997 g/mol. The van der Waals surface area contributed by atoms with Crippen molar-refractivity contribution >= 4 is 18.2 Å². The van der Waals surface area contributed by atoms with Gasteiger partial charge < -0.3 is 0 Å². The van der Waals surface area contributed by atoms with Crippen molar-refractivity contribution in [3.8, 4) is 33.9 Å². The minimum atomic E-state index is -0.316. The lowest BCUT2D eigenvalue weighted by molar-refractivity contribution is 0.601. The Bertz CT molecular complexity index is 3560. The number of pyridine rings is 6. The van der Waals surface area contributed by atoms with Crippen molar-refractivity contribution in [2.75, 3.05) is 0 Å². The van der Waals surface area contributed by atoms with Gasteiger partial charge in [-0.2, -0.15) is 15.3 Å². The molecule has 3 aliphatic rings. The lowest BCUT2D eigenvalue weighted by Crippen LogP contribution is -2.31. The van der Waals surface area contributed by atoms with Crippen molar-refractivity contribution in [3.63, 3.8) is 0 Å². The molecule has 3 N–H and O–H groups in total. The molecule has 0 fully saturated rings. The Kier molecular flexibility index (Phi) is 13.6. The van der Waals surface area contributed by atoms with Crippen LogP contribution in [-0.4, -0.2) is 60.5 Å². The van der Waals surface area contributed by atoms with E-state index in [2.05, 4.69) is 173 Å². The maximum atomic E-state index is 4.70. The molecule has 0 spiro atoms. The molecule has 0 saturated carbocycles. The van der Waals surface area contributed by atoms with E-state index in [-0.39, 0.29) is 16.2 Å². The van der Waals surface area contributed by atoms with Crippen molar-refractivity contribution in [1.82, 2.24) is 60.5 Å².